The van der Waals surface area contributed by atoms with E-state index in [9.17, 15) is 45.6 Å². The van der Waals surface area contributed by atoms with Crippen molar-refractivity contribution in [2.24, 2.45) is 0 Å². The van der Waals surface area contributed by atoms with Crippen LogP contribution in [0.3, 0.4) is 0 Å². The second kappa shape index (κ2) is 12.0. The third-order valence-corrected chi connectivity index (χ3v) is 6.33. The third kappa shape index (κ3) is 6.27. The summed E-state index contributed by atoms with van der Waals surface area (Å²) in [6, 6.07) is -1.35. The van der Waals surface area contributed by atoms with Crippen molar-refractivity contribution in [2.75, 3.05) is 13.2 Å². The molecular formula is C20H35NO14. The van der Waals surface area contributed by atoms with Gasteiger partial charge in [0.25, 0.3) is 0 Å². The molecule has 3 aliphatic rings. The van der Waals surface area contributed by atoms with Crippen molar-refractivity contribution in [3.05, 3.63) is 0 Å². The minimum atomic E-state index is -1.81. The standard InChI is InChI=1S/C20H35NO14/c1-6-8(25)3-9(26)19(31-6)34-16-11(5-23)32-18(30)12(21-7(2)24)17(16)35-20-15(29)14(28)13(27)10(4-22)33-20/h6,8-20,22-23,25-30H,3-5H2,1-2H3,(H,21,24)/t6-,8-,9+,10+,11+,12+,13-,14-,15+,16+,17+,18+,19-,20-/m0/s1. The molecule has 3 saturated heterocycles. The molecule has 3 heterocycles. The van der Waals surface area contributed by atoms with Crippen molar-refractivity contribution in [2.45, 2.75) is 106 Å². The van der Waals surface area contributed by atoms with Crippen LogP contribution in [0.5, 0.6) is 0 Å². The molecule has 9 N–H and O–H groups in total. The van der Waals surface area contributed by atoms with Crippen molar-refractivity contribution in [1.29, 1.82) is 0 Å². The number of amides is 1. The van der Waals surface area contributed by atoms with Crippen molar-refractivity contribution < 1.29 is 69.3 Å². The van der Waals surface area contributed by atoms with E-state index in [1.165, 1.54) is 0 Å². The van der Waals surface area contributed by atoms with Gasteiger partial charge in [0, 0.05) is 13.3 Å². The molecular weight excluding hydrogens is 478 g/mol. The van der Waals surface area contributed by atoms with Gasteiger partial charge in [0.15, 0.2) is 18.9 Å². The van der Waals surface area contributed by atoms with Crippen LogP contribution < -0.4 is 5.32 Å². The van der Waals surface area contributed by atoms with Crippen molar-refractivity contribution in [3.8, 4) is 0 Å². The molecule has 0 unspecified atom stereocenters. The second-order valence-corrected chi connectivity index (χ2v) is 8.95. The van der Waals surface area contributed by atoms with Crippen LogP contribution >= 0.6 is 0 Å². The normalized spacial score (nSPS) is 49.0. The van der Waals surface area contributed by atoms with Crippen LogP contribution in [0.15, 0.2) is 0 Å². The van der Waals surface area contributed by atoms with Gasteiger partial charge >= 0.3 is 0 Å². The zero-order valence-electron chi connectivity index (χ0n) is 19.2. The predicted molar refractivity (Wildman–Crippen MR) is 110 cm³/mol. The third-order valence-electron chi connectivity index (χ3n) is 6.33. The Morgan fingerprint density at radius 3 is 2.06 bits per heavy atom. The lowest BCUT2D eigenvalue weighted by Crippen LogP contribution is -2.69. The van der Waals surface area contributed by atoms with Gasteiger partial charge in [-0.25, -0.2) is 0 Å². The summed E-state index contributed by atoms with van der Waals surface area (Å²) in [6.45, 7) is 1.28. The number of carbonyl (C=O) groups is 1. The fourth-order valence-electron chi connectivity index (χ4n) is 4.34. The maximum absolute atomic E-state index is 11.8. The van der Waals surface area contributed by atoms with Gasteiger partial charge in [-0.05, 0) is 6.92 Å². The Balaban J connectivity index is 1.90. The fraction of sp³-hybridized carbons (Fsp3) is 0.950. The van der Waals surface area contributed by atoms with Gasteiger partial charge in [0.1, 0.15) is 54.9 Å². The Labute approximate surface area is 200 Å². The number of carbonyl (C=O) groups excluding carboxylic acids is 1. The van der Waals surface area contributed by atoms with Gasteiger partial charge < -0.3 is 69.9 Å². The zero-order chi connectivity index (χ0) is 26.0. The van der Waals surface area contributed by atoms with Crippen LogP contribution in [0, 0.1) is 0 Å². The summed E-state index contributed by atoms with van der Waals surface area (Å²) >= 11 is 0. The lowest BCUT2D eigenvalue weighted by atomic mass is 9.94. The molecule has 0 aromatic carbocycles. The number of hydrogen-bond acceptors (Lipinski definition) is 14. The molecule has 0 aromatic rings. The van der Waals surface area contributed by atoms with Crippen LogP contribution in [0.4, 0.5) is 0 Å². The average molecular weight is 513 g/mol. The largest absolute Gasteiger partial charge is 0.394 e. The highest BCUT2D eigenvalue weighted by Gasteiger charge is 2.53. The lowest BCUT2D eigenvalue weighted by Gasteiger charge is -2.49. The first-order valence-electron chi connectivity index (χ1n) is 11.3. The monoisotopic (exact) mass is 513 g/mol. The van der Waals surface area contributed by atoms with E-state index in [1.54, 1.807) is 6.92 Å². The summed E-state index contributed by atoms with van der Waals surface area (Å²) in [4.78, 5) is 11.8. The quantitative estimate of drug-likeness (QED) is 0.155. The lowest BCUT2D eigenvalue weighted by molar-refractivity contribution is -0.365. The number of nitrogens with one attached hydrogen (secondary N) is 1. The Kier molecular flexibility index (Phi) is 9.78. The van der Waals surface area contributed by atoms with Gasteiger partial charge in [0.05, 0.1) is 25.4 Å². The first kappa shape index (κ1) is 28.5. The molecule has 3 aliphatic heterocycles. The van der Waals surface area contributed by atoms with E-state index in [1.807, 2.05) is 0 Å². The van der Waals surface area contributed by atoms with Crippen LogP contribution in [0.25, 0.3) is 0 Å². The average Bonchev–Trinajstić information content (AvgIpc) is 2.80. The smallest absolute Gasteiger partial charge is 0.217 e. The Morgan fingerprint density at radius 1 is 0.829 bits per heavy atom. The molecule has 204 valence electrons. The van der Waals surface area contributed by atoms with E-state index >= 15 is 0 Å². The Bertz CT molecular complexity index is 699. The molecule has 3 fully saturated rings. The van der Waals surface area contributed by atoms with Crippen LogP contribution in [0.1, 0.15) is 20.3 Å². The van der Waals surface area contributed by atoms with Crippen molar-refractivity contribution in [3.63, 3.8) is 0 Å². The first-order chi connectivity index (χ1) is 16.5. The molecule has 3 rings (SSSR count). The molecule has 0 aromatic heterocycles. The molecule has 35 heavy (non-hydrogen) atoms. The Morgan fingerprint density at radius 2 is 1.46 bits per heavy atom. The molecule has 0 radical (unpaired) electrons. The maximum atomic E-state index is 11.8. The van der Waals surface area contributed by atoms with E-state index in [4.69, 9.17) is 23.7 Å². The molecule has 14 atom stereocenters. The van der Waals surface area contributed by atoms with E-state index in [0.717, 1.165) is 6.92 Å². The fourth-order valence-corrected chi connectivity index (χ4v) is 4.34. The number of rotatable bonds is 7. The topological polar surface area (TPSA) is 237 Å². The van der Waals surface area contributed by atoms with Crippen LogP contribution in [-0.4, -0.2) is 146 Å². The SMILES string of the molecule is CC(=O)N[C@@H]1[C@@H](O[C@@H]2O[C@H](CO)[C@H](O)[C@H](O)[C@H]2O)[C@H](O[C@@H]2O[C@@H](C)[C@@H](O)C[C@H]2O)[C@@H](CO)O[C@H]1O. The summed E-state index contributed by atoms with van der Waals surface area (Å²) in [6.07, 6.45) is -18.4. The summed E-state index contributed by atoms with van der Waals surface area (Å²) in [5.41, 5.74) is 0. The van der Waals surface area contributed by atoms with Crippen molar-refractivity contribution in [1.82, 2.24) is 5.32 Å². The molecule has 0 spiro atoms. The van der Waals surface area contributed by atoms with Crippen LogP contribution in [0.2, 0.25) is 0 Å². The molecule has 0 aliphatic carbocycles. The van der Waals surface area contributed by atoms with Gasteiger partial charge in [-0.2, -0.15) is 0 Å². The van der Waals surface area contributed by atoms with Crippen LogP contribution in [-0.2, 0) is 28.5 Å². The zero-order valence-corrected chi connectivity index (χ0v) is 19.2. The number of hydrogen-bond donors (Lipinski definition) is 9. The molecule has 15 nitrogen and oxygen atoms in total. The summed E-state index contributed by atoms with van der Waals surface area (Å²) in [5, 5.41) is 83.1. The minimum Gasteiger partial charge on any atom is -0.394 e. The summed E-state index contributed by atoms with van der Waals surface area (Å²) in [5.74, 6) is -0.605. The summed E-state index contributed by atoms with van der Waals surface area (Å²) in [7, 11) is 0. The van der Waals surface area contributed by atoms with Gasteiger partial charge in [-0.15, -0.1) is 0 Å². The first-order valence-corrected chi connectivity index (χ1v) is 11.3. The highest BCUT2D eigenvalue weighted by Crippen LogP contribution is 2.32. The number of aliphatic hydroxyl groups excluding tert-OH is 8. The highest BCUT2D eigenvalue weighted by atomic mass is 16.7. The molecule has 15 heteroatoms. The molecule has 1 amide bonds. The number of aliphatic hydroxyl groups is 8. The molecule has 0 bridgehead atoms. The van der Waals surface area contributed by atoms with E-state index in [2.05, 4.69) is 5.32 Å². The van der Waals surface area contributed by atoms with E-state index in [-0.39, 0.29) is 6.42 Å². The highest BCUT2D eigenvalue weighted by molar-refractivity contribution is 5.73. The number of ether oxygens (including phenoxy) is 5. The maximum Gasteiger partial charge on any atom is 0.217 e. The van der Waals surface area contributed by atoms with E-state index < -0.39 is 105 Å². The second-order valence-electron chi connectivity index (χ2n) is 8.95. The Hall–Kier alpha value is -1.05. The van der Waals surface area contributed by atoms with E-state index in [0.29, 0.717) is 0 Å². The van der Waals surface area contributed by atoms with Gasteiger partial charge in [0.2, 0.25) is 5.91 Å². The minimum absolute atomic E-state index is 0.0841. The van der Waals surface area contributed by atoms with Gasteiger partial charge in [-0.1, -0.05) is 0 Å². The van der Waals surface area contributed by atoms with Gasteiger partial charge in [-0.3, -0.25) is 4.79 Å². The van der Waals surface area contributed by atoms with Crippen molar-refractivity contribution >= 4 is 5.91 Å². The predicted octanol–water partition coefficient (Wildman–Crippen LogP) is -5.37. The molecule has 0 saturated carbocycles. The summed E-state index contributed by atoms with van der Waals surface area (Å²) < 4.78 is 28.0.